The summed E-state index contributed by atoms with van der Waals surface area (Å²) in [6.45, 7) is 0. The molecule has 1 aliphatic carbocycles. The molecule has 6 nitrogen and oxygen atoms in total. The monoisotopic (exact) mass is 394 g/mol. The maximum atomic E-state index is 6.10. The molecule has 0 amide bonds. The molecule has 1 aromatic carbocycles. The lowest BCUT2D eigenvalue weighted by atomic mass is 10.0. The molecular formula is C19H15ClN6S. The van der Waals surface area contributed by atoms with Crippen molar-refractivity contribution in [1.29, 1.82) is 0 Å². The summed E-state index contributed by atoms with van der Waals surface area (Å²) in [5.74, 6) is 1.38. The van der Waals surface area contributed by atoms with Gasteiger partial charge in [-0.3, -0.25) is 0 Å². The number of thiophene rings is 1. The Labute approximate surface area is 164 Å². The molecule has 0 radical (unpaired) electrons. The molecule has 5 rings (SSSR count). The topological polar surface area (TPSA) is 80.2 Å². The highest BCUT2D eigenvalue weighted by Gasteiger charge is 2.20. The number of H-pyrrole nitrogens is 1. The number of fused-ring (bicyclic) bond motifs is 1. The van der Waals surface area contributed by atoms with Gasteiger partial charge in [-0.25, -0.2) is 9.97 Å². The van der Waals surface area contributed by atoms with Crippen LogP contribution in [-0.2, 0) is 19.3 Å². The fourth-order valence-electron chi connectivity index (χ4n) is 3.45. The number of tetrazole rings is 1. The first-order valence-electron chi connectivity index (χ1n) is 8.73. The van der Waals surface area contributed by atoms with E-state index in [0.717, 1.165) is 52.0 Å². The summed E-state index contributed by atoms with van der Waals surface area (Å²) in [4.78, 5) is 10.7. The third kappa shape index (κ3) is 3.24. The van der Waals surface area contributed by atoms with Crippen molar-refractivity contribution in [2.75, 3.05) is 0 Å². The van der Waals surface area contributed by atoms with Gasteiger partial charge < -0.3 is 0 Å². The molecule has 8 heteroatoms. The highest BCUT2D eigenvalue weighted by atomic mass is 35.5. The summed E-state index contributed by atoms with van der Waals surface area (Å²) >= 11 is 7.62. The van der Waals surface area contributed by atoms with Crippen LogP contribution in [0.5, 0.6) is 0 Å². The Hall–Kier alpha value is -2.64. The molecule has 4 aromatic rings. The average molecular weight is 395 g/mol. The minimum absolute atomic E-state index is 0.598. The lowest BCUT2D eigenvalue weighted by molar-refractivity contribution is 0.881. The van der Waals surface area contributed by atoms with E-state index in [1.54, 1.807) is 0 Å². The normalized spacial score (nSPS) is 13.1. The van der Waals surface area contributed by atoms with E-state index in [1.165, 1.54) is 28.2 Å². The van der Waals surface area contributed by atoms with Gasteiger partial charge in [-0.2, -0.15) is 5.21 Å². The van der Waals surface area contributed by atoms with E-state index in [4.69, 9.17) is 21.6 Å². The van der Waals surface area contributed by atoms with Crippen molar-refractivity contribution in [3.63, 3.8) is 0 Å². The van der Waals surface area contributed by atoms with E-state index in [2.05, 4.69) is 32.8 Å². The van der Waals surface area contributed by atoms with Crippen molar-refractivity contribution in [2.24, 2.45) is 0 Å². The van der Waals surface area contributed by atoms with Gasteiger partial charge in [0.15, 0.2) is 5.82 Å². The van der Waals surface area contributed by atoms with E-state index in [-0.39, 0.29) is 0 Å². The number of hydrogen-bond donors (Lipinski definition) is 1. The molecule has 0 spiro atoms. The van der Waals surface area contributed by atoms with Crippen molar-refractivity contribution in [3.05, 3.63) is 63.2 Å². The summed E-state index contributed by atoms with van der Waals surface area (Å²) in [6.07, 6.45) is 4.00. The molecule has 0 bridgehead atoms. The summed E-state index contributed by atoms with van der Waals surface area (Å²) in [7, 11) is 0. The van der Waals surface area contributed by atoms with Gasteiger partial charge in [0.2, 0.25) is 5.82 Å². The molecule has 1 aliphatic rings. The third-order valence-corrected chi connectivity index (χ3v) is 5.97. The minimum atomic E-state index is 0.598. The van der Waals surface area contributed by atoms with E-state index in [1.807, 2.05) is 24.3 Å². The molecule has 0 saturated carbocycles. The quantitative estimate of drug-likeness (QED) is 0.563. The van der Waals surface area contributed by atoms with E-state index in [9.17, 15) is 0 Å². The molecule has 1 N–H and O–H groups in total. The standard InChI is InChI=1S/C19H15ClN6S/c20-17-9-8-16(27-17)19-21-14-3-1-2-13(14)15(22-19)10-11-4-6-12(7-5-11)18-23-25-26-24-18/h4-9H,1-3,10H2,(H,23,24,25,26). The molecule has 0 fully saturated rings. The van der Waals surface area contributed by atoms with Gasteiger partial charge in [0, 0.05) is 17.7 Å². The molecule has 134 valence electrons. The number of nitrogens with one attached hydrogen (secondary N) is 1. The number of aromatic nitrogens is 6. The van der Waals surface area contributed by atoms with Crippen molar-refractivity contribution in [3.8, 4) is 22.1 Å². The molecule has 0 unspecified atom stereocenters. The van der Waals surface area contributed by atoms with Gasteiger partial charge in [-0.15, -0.1) is 21.5 Å². The lowest BCUT2D eigenvalue weighted by Gasteiger charge is -2.10. The molecule has 0 aliphatic heterocycles. The van der Waals surface area contributed by atoms with Crippen molar-refractivity contribution >= 4 is 22.9 Å². The maximum absolute atomic E-state index is 6.10. The van der Waals surface area contributed by atoms with Gasteiger partial charge >= 0.3 is 0 Å². The Morgan fingerprint density at radius 2 is 1.89 bits per heavy atom. The highest BCUT2D eigenvalue weighted by Crippen LogP contribution is 2.32. The second kappa shape index (κ2) is 6.83. The largest absolute Gasteiger partial charge is 0.232 e. The summed E-state index contributed by atoms with van der Waals surface area (Å²) < 4.78 is 0.757. The van der Waals surface area contributed by atoms with Crippen LogP contribution in [-0.4, -0.2) is 30.6 Å². The van der Waals surface area contributed by atoms with Crippen LogP contribution < -0.4 is 0 Å². The van der Waals surface area contributed by atoms with E-state index >= 15 is 0 Å². The highest BCUT2D eigenvalue weighted by molar-refractivity contribution is 7.19. The average Bonchev–Trinajstić information content (AvgIpc) is 3.43. The van der Waals surface area contributed by atoms with Crippen LogP contribution in [0.15, 0.2) is 36.4 Å². The number of rotatable bonds is 4. The van der Waals surface area contributed by atoms with Gasteiger partial charge in [0.1, 0.15) is 0 Å². The Morgan fingerprint density at radius 1 is 1.00 bits per heavy atom. The van der Waals surface area contributed by atoms with Gasteiger partial charge in [0.05, 0.1) is 14.9 Å². The molecule has 0 atom stereocenters. The SMILES string of the molecule is Clc1ccc(-c2nc3c(c(Cc4ccc(-c5nn[nH]n5)cc4)n2)CCC3)s1. The number of halogens is 1. The second-order valence-corrected chi connectivity index (χ2v) is 8.20. The first-order valence-corrected chi connectivity index (χ1v) is 9.93. The van der Waals surface area contributed by atoms with Gasteiger partial charge in [-0.05, 0) is 47.7 Å². The Morgan fingerprint density at radius 3 is 2.63 bits per heavy atom. The van der Waals surface area contributed by atoms with Crippen molar-refractivity contribution < 1.29 is 0 Å². The van der Waals surface area contributed by atoms with Crippen LogP contribution in [0, 0.1) is 0 Å². The van der Waals surface area contributed by atoms with E-state index in [0.29, 0.717) is 5.82 Å². The Kier molecular flexibility index (Phi) is 4.18. The lowest BCUT2D eigenvalue weighted by Crippen LogP contribution is -2.04. The zero-order valence-corrected chi connectivity index (χ0v) is 15.9. The summed E-state index contributed by atoms with van der Waals surface area (Å²) in [5.41, 5.74) is 5.75. The number of nitrogens with zero attached hydrogens (tertiary/aromatic N) is 5. The molecule has 27 heavy (non-hydrogen) atoms. The summed E-state index contributed by atoms with van der Waals surface area (Å²) in [6, 6.07) is 12.1. The van der Waals surface area contributed by atoms with Gasteiger partial charge in [-0.1, -0.05) is 35.9 Å². The first kappa shape index (κ1) is 16.5. The van der Waals surface area contributed by atoms with Crippen LogP contribution in [0.25, 0.3) is 22.1 Å². The van der Waals surface area contributed by atoms with Gasteiger partial charge in [0.25, 0.3) is 0 Å². The number of hydrogen-bond acceptors (Lipinski definition) is 6. The number of aromatic amines is 1. The number of benzene rings is 1. The zero-order valence-electron chi connectivity index (χ0n) is 14.3. The third-order valence-electron chi connectivity index (χ3n) is 4.74. The summed E-state index contributed by atoms with van der Waals surface area (Å²) in [5, 5.41) is 14.1. The van der Waals surface area contributed by atoms with Crippen molar-refractivity contribution in [2.45, 2.75) is 25.7 Å². The first-order chi connectivity index (χ1) is 13.3. The smallest absolute Gasteiger partial charge is 0.204 e. The van der Waals surface area contributed by atoms with Crippen LogP contribution in [0.2, 0.25) is 4.34 Å². The molecular weight excluding hydrogens is 380 g/mol. The predicted octanol–water partition coefficient (Wildman–Crippen LogP) is 4.12. The van der Waals surface area contributed by atoms with Crippen LogP contribution in [0.1, 0.15) is 28.9 Å². The van der Waals surface area contributed by atoms with Crippen LogP contribution in [0.4, 0.5) is 0 Å². The fraction of sp³-hybridized carbons (Fsp3) is 0.211. The van der Waals surface area contributed by atoms with Crippen LogP contribution >= 0.6 is 22.9 Å². The molecule has 3 aromatic heterocycles. The van der Waals surface area contributed by atoms with Crippen LogP contribution in [0.3, 0.4) is 0 Å². The zero-order chi connectivity index (χ0) is 18.2. The number of aryl methyl sites for hydroxylation is 1. The Balaban J connectivity index is 1.48. The fourth-order valence-corrected chi connectivity index (χ4v) is 4.43. The molecule has 0 saturated heterocycles. The van der Waals surface area contributed by atoms with Crippen molar-refractivity contribution in [1.82, 2.24) is 30.6 Å². The second-order valence-electron chi connectivity index (χ2n) is 6.49. The minimum Gasteiger partial charge on any atom is -0.232 e. The molecule has 3 heterocycles. The maximum Gasteiger partial charge on any atom is 0.204 e. The predicted molar refractivity (Wildman–Crippen MR) is 105 cm³/mol. The van der Waals surface area contributed by atoms with E-state index < -0.39 is 0 Å². The Bertz CT molecular complexity index is 1090.